The van der Waals surface area contributed by atoms with E-state index in [1.165, 1.54) is 44.9 Å². The minimum atomic E-state index is 0.801. The van der Waals surface area contributed by atoms with Crippen LogP contribution in [0.5, 0.6) is 0 Å². The highest BCUT2D eigenvalue weighted by atomic mass is 14.6. The molecular weight excluding hydrogens is 180 g/mol. The summed E-state index contributed by atoms with van der Waals surface area (Å²) in [5, 5.41) is 0. The molecule has 0 aliphatic heterocycles. The lowest BCUT2D eigenvalue weighted by molar-refractivity contribution is -0.0508. The quantitative estimate of drug-likeness (QED) is 0.574. The van der Waals surface area contributed by atoms with Crippen LogP contribution in [0.1, 0.15) is 84.5 Å². The third-order valence-corrected chi connectivity index (χ3v) is 5.01. The molecule has 2 rings (SSSR count). The number of rotatable bonds is 5. The predicted octanol–water partition coefficient (Wildman–Crippen LogP) is 5.32. The minimum Gasteiger partial charge on any atom is -0.0654 e. The van der Waals surface area contributed by atoms with Crippen LogP contribution in [0, 0.1) is 10.8 Å². The molecule has 0 aromatic heterocycles. The van der Waals surface area contributed by atoms with Crippen LogP contribution in [-0.4, -0.2) is 0 Å². The van der Waals surface area contributed by atoms with E-state index in [-0.39, 0.29) is 0 Å². The smallest absolute Gasteiger partial charge is 0.0287 e. The van der Waals surface area contributed by atoms with Gasteiger partial charge in [0.2, 0.25) is 0 Å². The summed E-state index contributed by atoms with van der Waals surface area (Å²) in [7, 11) is 0. The van der Waals surface area contributed by atoms with Gasteiger partial charge in [-0.3, -0.25) is 0 Å². The summed E-state index contributed by atoms with van der Waals surface area (Å²) >= 11 is 0. The van der Waals surface area contributed by atoms with Gasteiger partial charge in [-0.05, 0) is 49.4 Å². The molecule has 0 aromatic rings. The van der Waals surface area contributed by atoms with Crippen molar-refractivity contribution in [2.24, 2.45) is 10.8 Å². The molecule has 0 heteroatoms. The van der Waals surface area contributed by atoms with Crippen LogP contribution in [0.2, 0.25) is 0 Å². The second-order valence-electron chi connectivity index (χ2n) is 6.41. The van der Waals surface area contributed by atoms with E-state index in [0.29, 0.717) is 0 Å². The number of hydrogen-bond acceptors (Lipinski definition) is 0. The molecule has 0 aromatic carbocycles. The van der Waals surface area contributed by atoms with Crippen LogP contribution in [0.15, 0.2) is 0 Å². The molecule has 2 saturated carbocycles. The zero-order valence-corrected chi connectivity index (χ0v) is 10.8. The van der Waals surface area contributed by atoms with Gasteiger partial charge >= 0.3 is 0 Å². The highest BCUT2D eigenvalue weighted by molar-refractivity contribution is 5.04. The second-order valence-corrected chi connectivity index (χ2v) is 6.41. The van der Waals surface area contributed by atoms with Crippen molar-refractivity contribution in [3.63, 3.8) is 0 Å². The van der Waals surface area contributed by atoms with Crippen molar-refractivity contribution in [3.05, 3.63) is 0 Å². The molecule has 0 radical (unpaired) electrons. The van der Waals surface area contributed by atoms with E-state index in [0.717, 1.165) is 10.8 Å². The van der Waals surface area contributed by atoms with E-state index in [1.807, 2.05) is 0 Å². The molecule has 88 valence electrons. The first-order chi connectivity index (χ1) is 7.24. The Labute approximate surface area is 95.8 Å². The summed E-state index contributed by atoms with van der Waals surface area (Å²) < 4.78 is 0. The molecule has 1 spiro atoms. The fraction of sp³-hybridized carbons (Fsp3) is 1.00. The fourth-order valence-electron chi connectivity index (χ4n) is 4.58. The second kappa shape index (κ2) is 4.47. The first-order valence-corrected chi connectivity index (χ1v) is 7.24. The first-order valence-electron chi connectivity index (χ1n) is 7.24. The Morgan fingerprint density at radius 3 is 2.07 bits per heavy atom. The van der Waals surface area contributed by atoms with E-state index in [9.17, 15) is 0 Å². The molecule has 0 N–H and O–H groups in total. The van der Waals surface area contributed by atoms with Gasteiger partial charge in [0.15, 0.2) is 0 Å². The van der Waals surface area contributed by atoms with Crippen LogP contribution >= 0.6 is 0 Å². The molecule has 0 saturated heterocycles. The highest BCUT2D eigenvalue weighted by Gasteiger charge is 2.53. The topological polar surface area (TPSA) is 0 Å². The summed E-state index contributed by atoms with van der Waals surface area (Å²) in [6.45, 7) is 4.71. The Morgan fingerprint density at radius 1 is 0.867 bits per heavy atom. The third-order valence-electron chi connectivity index (χ3n) is 5.01. The maximum absolute atomic E-state index is 2.37. The van der Waals surface area contributed by atoms with E-state index < -0.39 is 0 Å². The largest absolute Gasteiger partial charge is 0.0654 e. The van der Waals surface area contributed by atoms with Gasteiger partial charge in [-0.2, -0.15) is 0 Å². The van der Waals surface area contributed by atoms with Crippen molar-refractivity contribution < 1.29 is 0 Å². The van der Waals surface area contributed by atoms with Gasteiger partial charge in [-0.25, -0.2) is 0 Å². The lowest BCUT2D eigenvalue weighted by Gasteiger charge is -2.56. The Kier molecular flexibility index (Phi) is 3.42. The predicted molar refractivity (Wildman–Crippen MR) is 67.0 cm³/mol. The van der Waals surface area contributed by atoms with Crippen molar-refractivity contribution in [3.8, 4) is 0 Å². The molecule has 0 atom stereocenters. The monoisotopic (exact) mass is 208 g/mol. The maximum atomic E-state index is 2.37. The third kappa shape index (κ3) is 2.24. The van der Waals surface area contributed by atoms with Gasteiger partial charge in [0, 0.05) is 0 Å². The summed E-state index contributed by atoms with van der Waals surface area (Å²) in [6.07, 6.45) is 16.6. The molecule has 0 nitrogen and oxygen atoms in total. The van der Waals surface area contributed by atoms with Gasteiger partial charge in [-0.1, -0.05) is 46.0 Å². The van der Waals surface area contributed by atoms with Gasteiger partial charge < -0.3 is 0 Å². The van der Waals surface area contributed by atoms with E-state index in [4.69, 9.17) is 0 Å². The summed E-state index contributed by atoms with van der Waals surface area (Å²) in [4.78, 5) is 0. The lowest BCUT2D eigenvalue weighted by atomic mass is 9.49. The SMILES string of the molecule is CCCCC1(CCC)CC2(CCCC2)C1. The van der Waals surface area contributed by atoms with Crippen LogP contribution in [-0.2, 0) is 0 Å². The fourth-order valence-corrected chi connectivity index (χ4v) is 4.58. The van der Waals surface area contributed by atoms with Crippen molar-refractivity contribution in [2.45, 2.75) is 84.5 Å². The molecule has 15 heavy (non-hydrogen) atoms. The Bertz CT molecular complexity index is 190. The molecule has 0 unspecified atom stereocenters. The molecule has 0 heterocycles. The van der Waals surface area contributed by atoms with Gasteiger partial charge in [0.05, 0.1) is 0 Å². The lowest BCUT2D eigenvalue weighted by Crippen LogP contribution is -2.45. The van der Waals surface area contributed by atoms with Crippen LogP contribution in [0.4, 0.5) is 0 Å². The van der Waals surface area contributed by atoms with Crippen molar-refractivity contribution >= 4 is 0 Å². The van der Waals surface area contributed by atoms with Gasteiger partial charge in [-0.15, -0.1) is 0 Å². The van der Waals surface area contributed by atoms with Crippen LogP contribution in [0.3, 0.4) is 0 Å². The van der Waals surface area contributed by atoms with Crippen LogP contribution in [0.25, 0.3) is 0 Å². The maximum Gasteiger partial charge on any atom is -0.0287 e. The minimum absolute atomic E-state index is 0.801. The average Bonchev–Trinajstić information content (AvgIpc) is 2.63. The molecule has 2 aliphatic rings. The number of unbranched alkanes of at least 4 members (excludes halogenated alkanes) is 1. The molecule has 0 amide bonds. The molecule has 0 bridgehead atoms. The van der Waals surface area contributed by atoms with E-state index >= 15 is 0 Å². The summed E-state index contributed by atoms with van der Waals surface area (Å²) in [6, 6.07) is 0. The Morgan fingerprint density at radius 2 is 1.53 bits per heavy atom. The van der Waals surface area contributed by atoms with Crippen molar-refractivity contribution in [1.29, 1.82) is 0 Å². The standard InChI is InChI=1S/C15H28/c1-3-5-9-14(8-4-2)12-15(13-14)10-6-7-11-15/h3-13H2,1-2H3. The highest BCUT2D eigenvalue weighted by Crippen LogP contribution is 2.65. The Hall–Kier alpha value is 0. The van der Waals surface area contributed by atoms with E-state index in [2.05, 4.69) is 13.8 Å². The molecular formula is C15H28. The Balaban J connectivity index is 1.88. The zero-order chi connectivity index (χ0) is 10.8. The molecule has 2 aliphatic carbocycles. The summed E-state index contributed by atoms with van der Waals surface area (Å²) in [5.41, 5.74) is 1.65. The van der Waals surface area contributed by atoms with Gasteiger partial charge in [0.25, 0.3) is 0 Å². The number of hydrogen-bond donors (Lipinski definition) is 0. The van der Waals surface area contributed by atoms with Crippen molar-refractivity contribution in [2.75, 3.05) is 0 Å². The summed E-state index contributed by atoms with van der Waals surface area (Å²) in [5.74, 6) is 0. The average molecular weight is 208 g/mol. The van der Waals surface area contributed by atoms with E-state index in [1.54, 1.807) is 25.7 Å². The van der Waals surface area contributed by atoms with Gasteiger partial charge in [0.1, 0.15) is 0 Å². The first kappa shape index (κ1) is 11.5. The van der Waals surface area contributed by atoms with Crippen LogP contribution < -0.4 is 0 Å². The molecule has 2 fully saturated rings. The zero-order valence-electron chi connectivity index (χ0n) is 10.8. The van der Waals surface area contributed by atoms with Crippen molar-refractivity contribution in [1.82, 2.24) is 0 Å². The normalized spacial score (nSPS) is 26.8.